The Bertz CT molecular complexity index is 520. The Morgan fingerprint density at radius 3 is 2.47 bits per heavy atom. The molecule has 0 saturated carbocycles. The van der Waals surface area contributed by atoms with Gasteiger partial charge in [0.15, 0.2) is 0 Å². The zero-order valence-electron chi connectivity index (χ0n) is 11.3. The molecule has 0 saturated heterocycles. The average Bonchev–Trinajstić information content (AvgIpc) is 2.40. The summed E-state index contributed by atoms with van der Waals surface area (Å²) in [6.07, 6.45) is 4.33. The van der Waals surface area contributed by atoms with E-state index in [9.17, 15) is 4.39 Å². The van der Waals surface area contributed by atoms with Gasteiger partial charge < -0.3 is 5.73 Å². The standard InChI is InChI=1S/C16H19FN2/c1-16(2,13-5-7-14(17)8-6-13)15(18)10-12-4-3-9-19-11-12/h3-9,11,15H,10,18H2,1-2H3. The van der Waals surface area contributed by atoms with Crippen LogP contribution >= 0.6 is 0 Å². The van der Waals surface area contributed by atoms with Crippen molar-refractivity contribution in [3.8, 4) is 0 Å². The Morgan fingerprint density at radius 1 is 1.21 bits per heavy atom. The van der Waals surface area contributed by atoms with Crippen molar-refractivity contribution >= 4 is 0 Å². The van der Waals surface area contributed by atoms with Crippen molar-refractivity contribution in [2.75, 3.05) is 0 Å². The van der Waals surface area contributed by atoms with Crippen LogP contribution in [0.5, 0.6) is 0 Å². The van der Waals surface area contributed by atoms with Gasteiger partial charge in [0.05, 0.1) is 0 Å². The minimum absolute atomic E-state index is 0.0536. The smallest absolute Gasteiger partial charge is 0.123 e. The summed E-state index contributed by atoms with van der Waals surface area (Å²) in [6.45, 7) is 4.17. The van der Waals surface area contributed by atoms with Gasteiger partial charge in [-0.05, 0) is 35.7 Å². The molecule has 1 atom stereocenters. The number of aromatic nitrogens is 1. The Kier molecular flexibility index (Phi) is 3.96. The Balaban J connectivity index is 2.17. The lowest BCUT2D eigenvalue weighted by Crippen LogP contribution is -2.42. The highest BCUT2D eigenvalue weighted by Gasteiger charge is 2.28. The lowest BCUT2D eigenvalue weighted by atomic mass is 9.76. The van der Waals surface area contributed by atoms with Crippen LogP contribution in [0.1, 0.15) is 25.0 Å². The fourth-order valence-corrected chi connectivity index (χ4v) is 2.12. The van der Waals surface area contributed by atoms with Crippen molar-refractivity contribution in [1.82, 2.24) is 4.98 Å². The van der Waals surface area contributed by atoms with E-state index in [1.54, 1.807) is 18.3 Å². The van der Waals surface area contributed by atoms with Gasteiger partial charge in [-0.2, -0.15) is 0 Å². The van der Waals surface area contributed by atoms with Crippen LogP contribution in [0.25, 0.3) is 0 Å². The molecule has 3 heteroatoms. The molecule has 2 nitrogen and oxygen atoms in total. The number of halogens is 1. The van der Waals surface area contributed by atoms with Gasteiger partial charge in [-0.15, -0.1) is 0 Å². The van der Waals surface area contributed by atoms with Gasteiger partial charge >= 0.3 is 0 Å². The van der Waals surface area contributed by atoms with E-state index in [0.717, 1.165) is 17.5 Å². The van der Waals surface area contributed by atoms with Crippen LogP contribution in [0.3, 0.4) is 0 Å². The number of rotatable bonds is 4. The summed E-state index contributed by atoms with van der Waals surface area (Å²) in [4.78, 5) is 4.10. The Labute approximate surface area is 113 Å². The van der Waals surface area contributed by atoms with E-state index in [4.69, 9.17) is 5.73 Å². The van der Waals surface area contributed by atoms with Crippen molar-refractivity contribution < 1.29 is 4.39 Å². The second-order valence-electron chi connectivity index (χ2n) is 5.40. The minimum Gasteiger partial charge on any atom is -0.327 e. The molecule has 0 aliphatic carbocycles. The molecule has 1 aromatic heterocycles. The molecule has 2 rings (SSSR count). The van der Waals surface area contributed by atoms with Crippen LogP contribution in [0.4, 0.5) is 4.39 Å². The van der Waals surface area contributed by atoms with Crippen LogP contribution in [0.15, 0.2) is 48.8 Å². The van der Waals surface area contributed by atoms with Crippen molar-refractivity contribution in [2.24, 2.45) is 5.73 Å². The van der Waals surface area contributed by atoms with Crippen molar-refractivity contribution in [2.45, 2.75) is 31.7 Å². The van der Waals surface area contributed by atoms with Gasteiger partial charge in [0.1, 0.15) is 5.82 Å². The third-order valence-corrected chi connectivity index (χ3v) is 3.69. The molecule has 0 amide bonds. The molecule has 19 heavy (non-hydrogen) atoms. The minimum atomic E-state index is -0.222. The first-order valence-electron chi connectivity index (χ1n) is 6.40. The predicted octanol–water partition coefficient (Wildman–Crippen LogP) is 3.07. The molecule has 0 aliphatic rings. The summed E-state index contributed by atoms with van der Waals surface area (Å²) >= 11 is 0. The van der Waals surface area contributed by atoms with Gasteiger partial charge in [0, 0.05) is 23.9 Å². The molecule has 1 aromatic carbocycles. The quantitative estimate of drug-likeness (QED) is 0.915. The number of benzene rings is 1. The highest BCUT2D eigenvalue weighted by Crippen LogP contribution is 2.28. The van der Waals surface area contributed by atoms with E-state index in [2.05, 4.69) is 18.8 Å². The zero-order valence-corrected chi connectivity index (χ0v) is 11.3. The normalized spacial score (nSPS) is 13.3. The lowest BCUT2D eigenvalue weighted by molar-refractivity contribution is 0.405. The Hall–Kier alpha value is -1.74. The van der Waals surface area contributed by atoms with E-state index in [1.165, 1.54) is 12.1 Å². The summed E-state index contributed by atoms with van der Waals surface area (Å²) in [5, 5.41) is 0. The molecule has 0 aliphatic heterocycles. The van der Waals surface area contributed by atoms with Gasteiger partial charge in [0.2, 0.25) is 0 Å². The van der Waals surface area contributed by atoms with Gasteiger partial charge in [-0.1, -0.05) is 32.0 Å². The van der Waals surface area contributed by atoms with Crippen molar-refractivity contribution in [1.29, 1.82) is 0 Å². The summed E-state index contributed by atoms with van der Waals surface area (Å²) in [7, 11) is 0. The predicted molar refractivity (Wildman–Crippen MR) is 75.3 cm³/mol. The Morgan fingerprint density at radius 2 is 1.89 bits per heavy atom. The maximum atomic E-state index is 13.0. The van der Waals surface area contributed by atoms with Crippen molar-refractivity contribution in [3.63, 3.8) is 0 Å². The number of hydrogen-bond donors (Lipinski definition) is 1. The molecule has 0 bridgehead atoms. The number of nitrogens with two attached hydrogens (primary N) is 1. The SMILES string of the molecule is CC(C)(c1ccc(F)cc1)C(N)Cc1cccnc1. The maximum absolute atomic E-state index is 13.0. The zero-order chi connectivity index (χ0) is 13.9. The second kappa shape index (κ2) is 5.49. The topological polar surface area (TPSA) is 38.9 Å². The molecule has 2 aromatic rings. The van der Waals surface area contributed by atoms with Crippen LogP contribution in [0.2, 0.25) is 0 Å². The van der Waals surface area contributed by atoms with Gasteiger partial charge in [-0.25, -0.2) is 4.39 Å². The molecular formula is C16H19FN2. The van der Waals surface area contributed by atoms with E-state index in [-0.39, 0.29) is 17.3 Å². The van der Waals surface area contributed by atoms with E-state index >= 15 is 0 Å². The van der Waals surface area contributed by atoms with Crippen molar-refractivity contribution in [3.05, 3.63) is 65.7 Å². The largest absolute Gasteiger partial charge is 0.327 e. The van der Waals surface area contributed by atoms with E-state index < -0.39 is 0 Å². The molecule has 2 N–H and O–H groups in total. The molecule has 1 unspecified atom stereocenters. The van der Waals surface area contributed by atoms with Crippen LogP contribution in [-0.4, -0.2) is 11.0 Å². The third-order valence-electron chi connectivity index (χ3n) is 3.69. The van der Waals surface area contributed by atoms with Crippen LogP contribution < -0.4 is 5.73 Å². The molecule has 100 valence electrons. The summed E-state index contributed by atoms with van der Waals surface area (Å²) < 4.78 is 13.0. The summed E-state index contributed by atoms with van der Waals surface area (Å²) in [5.41, 5.74) is 8.28. The van der Waals surface area contributed by atoms with E-state index in [0.29, 0.717) is 0 Å². The number of nitrogens with zero attached hydrogens (tertiary/aromatic N) is 1. The molecule has 0 spiro atoms. The second-order valence-corrected chi connectivity index (χ2v) is 5.40. The number of pyridine rings is 1. The molecular weight excluding hydrogens is 239 g/mol. The van der Waals surface area contributed by atoms with E-state index in [1.807, 2.05) is 18.3 Å². The first-order valence-corrected chi connectivity index (χ1v) is 6.40. The third kappa shape index (κ3) is 3.18. The van der Waals surface area contributed by atoms with Crippen LogP contribution in [-0.2, 0) is 11.8 Å². The van der Waals surface area contributed by atoms with Crippen LogP contribution in [0, 0.1) is 5.82 Å². The molecule has 0 radical (unpaired) electrons. The monoisotopic (exact) mass is 258 g/mol. The fourth-order valence-electron chi connectivity index (χ4n) is 2.12. The fraction of sp³-hybridized carbons (Fsp3) is 0.312. The summed E-state index contributed by atoms with van der Waals surface area (Å²) in [5.74, 6) is -0.222. The number of hydrogen-bond acceptors (Lipinski definition) is 2. The molecule has 1 heterocycles. The molecule has 0 fully saturated rings. The lowest BCUT2D eigenvalue weighted by Gasteiger charge is -2.32. The summed E-state index contributed by atoms with van der Waals surface area (Å²) in [6, 6.07) is 10.4. The van der Waals surface area contributed by atoms with Gasteiger partial charge in [-0.3, -0.25) is 4.98 Å². The first-order chi connectivity index (χ1) is 9.00. The highest BCUT2D eigenvalue weighted by molar-refractivity contribution is 5.27. The average molecular weight is 258 g/mol. The van der Waals surface area contributed by atoms with Gasteiger partial charge in [0.25, 0.3) is 0 Å². The first kappa shape index (κ1) is 13.7. The maximum Gasteiger partial charge on any atom is 0.123 e. The highest BCUT2D eigenvalue weighted by atomic mass is 19.1.